The van der Waals surface area contributed by atoms with Gasteiger partial charge in [0.2, 0.25) is 0 Å². The lowest BCUT2D eigenvalue weighted by Gasteiger charge is -2.26. The number of fused-ring (bicyclic) bond motifs is 1. The number of nitrogens with zero attached hydrogens (tertiary/aromatic N) is 4. The third-order valence-electron chi connectivity index (χ3n) is 6.16. The van der Waals surface area contributed by atoms with Crippen molar-refractivity contribution < 1.29 is 23.8 Å². The molecule has 0 aliphatic carbocycles. The van der Waals surface area contributed by atoms with E-state index in [1.165, 1.54) is 50.4 Å². The molecule has 5 rings (SSSR count). The molecule has 12 heteroatoms. The molecular formula is C27H28ClFN6O4. The highest BCUT2D eigenvalue weighted by molar-refractivity contribution is 6.35. The number of piperazine rings is 1. The van der Waals surface area contributed by atoms with E-state index in [1.54, 1.807) is 0 Å². The lowest BCUT2D eigenvalue weighted by molar-refractivity contribution is 0.0699. The Kier molecular flexibility index (Phi) is 9.07. The number of methoxy groups -OCH3 is 2. The van der Waals surface area contributed by atoms with Crippen molar-refractivity contribution in [3.63, 3.8) is 0 Å². The van der Waals surface area contributed by atoms with Gasteiger partial charge in [0.1, 0.15) is 17.1 Å². The Hall–Kier alpha value is -4.06. The van der Waals surface area contributed by atoms with Crippen molar-refractivity contribution in [1.29, 1.82) is 0 Å². The molecule has 0 amide bonds. The summed E-state index contributed by atoms with van der Waals surface area (Å²) in [6, 6.07) is 8.00. The summed E-state index contributed by atoms with van der Waals surface area (Å²) in [6.45, 7) is 5.38. The smallest absolute Gasteiger partial charge is 0.337 e. The highest BCUT2D eigenvalue weighted by Gasteiger charge is 2.24. The van der Waals surface area contributed by atoms with E-state index in [9.17, 15) is 14.3 Å². The number of halogens is 2. The maximum Gasteiger partial charge on any atom is 0.337 e. The van der Waals surface area contributed by atoms with E-state index in [0.29, 0.717) is 5.82 Å². The summed E-state index contributed by atoms with van der Waals surface area (Å²) in [4.78, 5) is 26.1. The van der Waals surface area contributed by atoms with E-state index in [-0.39, 0.29) is 44.2 Å². The van der Waals surface area contributed by atoms with Crippen molar-refractivity contribution in [1.82, 2.24) is 25.2 Å². The molecule has 0 bridgehead atoms. The number of benzene rings is 2. The Bertz CT molecular complexity index is 1440. The molecule has 0 spiro atoms. The Morgan fingerprint density at radius 1 is 1.08 bits per heavy atom. The fourth-order valence-corrected chi connectivity index (χ4v) is 4.53. The largest absolute Gasteiger partial charge is 0.495 e. The van der Waals surface area contributed by atoms with Crippen molar-refractivity contribution >= 4 is 34.4 Å². The SMILES string of the molecule is COc1cc(OC)c(Cl)c(-c2ccc(C(=O)O)c3nccnc23)c1F.Nc1ccc(CN2CCNCC2)cn1. The van der Waals surface area contributed by atoms with Gasteiger partial charge in [0.05, 0.1) is 30.3 Å². The lowest BCUT2D eigenvalue weighted by Crippen LogP contribution is -2.42. The number of anilines is 1. The van der Waals surface area contributed by atoms with Crippen LogP contribution in [-0.2, 0) is 6.54 Å². The third-order valence-corrected chi connectivity index (χ3v) is 6.54. The molecule has 0 radical (unpaired) electrons. The Balaban J connectivity index is 0.000000212. The number of nitrogen functional groups attached to an aromatic ring is 1. The van der Waals surface area contributed by atoms with Crippen LogP contribution in [0.4, 0.5) is 10.2 Å². The second-order valence-electron chi connectivity index (χ2n) is 8.62. The van der Waals surface area contributed by atoms with Crippen molar-refractivity contribution in [3.05, 3.63) is 70.9 Å². The van der Waals surface area contributed by atoms with Crippen LogP contribution in [0.5, 0.6) is 11.5 Å². The summed E-state index contributed by atoms with van der Waals surface area (Å²) in [7, 11) is 2.72. The maximum absolute atomic E-state index is 14.9. The second-order valence-corrected chi connectivity index (χ2v) is 9.00. The number of ether oxygens (including phenoxy) is 2. The van der Waals surface area contributed by atoms with Crippen LogP contribution in [0.1, 0.15) is 15.9 Å². The van der Waals surface area contributed by atoms with Crippen LogP contribution in [0.15, 0.2) is 48.9 Å². The number of aromatic carboxylic acids is 1. The van der Waals surface area contributed by atoms with Crippen LogP contribution in [0.2, 0.25) is 5.02 Å². The summed E-state index contributed by atoms with van der Waals surface area (Å²) < 4.78 is 25.1. The van der Waals surface area contributed by atoms with E-state index < -0.39 is 11.8 Å². The number of nitrogens with two attached hydrogens (primary N) is 1. The summed E-state index contributed by atoms with van der Waals surface area (Å²) in [5, 5.41) is 12.7. The van der Waals surface area contributed by atoms with E-state index in [1.807, 2.05) is 18.3 Å². The molecule has 2 aromatic carbocycles. The molecule has 0 atom stereocenters. The average Bonchev–Trinajstić information content (AvgIpc) is 2.95. The van der Waals surface area contributed by atoms with E-state index in [2.05, 4.69) is 25.2 Å². The predicted octanol–water partition coefficient (Wildman–Crippen LogP) is 3.87. The second kappa shape index (κ2) is 12.7. The van der Waals surface area contributed by atoms with Crippen LogP contribution >= 0.6 is 11.6 Å². The van der Waals surface area contributed by atoms with Gasteiger partial charge >= 0.3 is 5.97 Å². The molecule has 0 unspecified atom stereocenters. The predicted molar refractivity (Wildman–Crippen MR) is 147 cm³/mol. The lowest BCUT2D eigenvalue weighted by atomic mass is 9.99. The number of nitrogens with one attached hydrogen (secondary N) is 1. The Labute approximate surface area is 229 Å². The van der Waals surface area contributed by atoms with Gasteiger partial charge in [-0.15, -0.1) is 0 Å². The minimum absolute atomic E-state index is 0.000283. The van der Waals surface area contributed by atoms with Crippen LogP contribution in [0, 0.1) is 5.82 Å². The van der Waals surface area contributed by atoms with Crippen LogP contribution < -0.4 is 20.5 Å². The number of carboxylic acids is 1. The molecule has 0 saturated carbocycles. The monoisotopic (exact) mass is 554 g/mol. The van der Waals surface area contributed by atoms with E-state index >= 15 is 0 Å². The highest BCUT2D eigenvalue weighted by Crippen LogP contribution is 2.43. The van der Waals surface area contributed by atoms with E-state index in [4.69, 9.17) is 26.8 Å². The average molecular weight is 555 g/mol. The van der Waals surface area contributed by atoms with Gasteiger partial charge in [-0.25, -0.2) is 14.2 Å². The van der Waals surface area contributed by atoms with E-state index in [0.717, 1.165) is 32.7 Å². The molecule has 2 aromatic heterocycles. The summed E-state index contributed by atoms with van der Waals surface area (Å²) in [5.74, 6) is -1.12. The zero-order valence-electron chi connectivity index (χ0n) is 21.4. The minimum Gasteiger partial charge on any atom is -0.495 e. The van der Waals surface area contributed by atoms with Crippen LogP contribution in [0.25, 0.3) is 22.2 Å². The number of carbonyl (C=O) groups is 1. The molecule has 3 heterocycles. The third kappa shape index (κ3) is 6.33. The molecule has 1 aliphatic heterocycles. The maximum atomic E-state index is 14.9. The van der Waals surface area contributed by atoms with Crippen molar-refractivity contribution in [3.8, 4) is 22.6 Å². The number of aromatic nitrogens is 3. The first-order chi connectivity index (χ1) is 18.8. The molecular weight excluding hydrogens is 527 g/mol. The van der Waals surface area contributed by atoms with Gasteiger partial charge in [0.25, 0.3) is 0 Å². The number of hydrogen-bond acceptors (Lipinski definition) is 9. The summed E-state index contributed by atoms with van der Waals surface area (Å²) >= 11 is 6.30. The van der Waals surface area contributed by atoms with Crippen LogP contribution in [0.3, 0.4) is 0 Å². The minimum atomic E-state index is -1.16. The molecule has 1 fully saturated rings. The van der Waals surface area contributed by atoms with Crippen molar-refractivity contribution in [2.24, 2.45) is 0 Å². The highest BCUT2D eigenvalue weighted by atomic mass is 35.5. The quantitative estimate of drug-likeness (QED) is 0.322. The molecule has 10 nitrogen and oxygen atoms in total. The van der Waals surface area contributed by atoms with Gasteiger partial charge in [-0.05, 0) is 17.7 Å². The molecule has 204 valence electrons. The fraction of sp³-hybridized carbons (Fsp3) is 0.259. The first-order valence-electron chi connectivity index (χ1n) is 12.0. The van der Waals surface area contributed by atoms with Gasteiger partial charge in [0.15, 0.2) is 11.6 Å². The first kappa shape index (κ1) is 28.0. The van der Waals surface area contributed by atoms with Crippen molar-refractivity contribution in [2.75, 3.05) is 46.1 Å². The van der Waals surface area contributed by atoms with Gasteiger partial charge in [-0.3, -0.25) is 14.9 Å². The summed E-state index contributed by atoms with van der Waals surface area (Å²) in [5.41, 5.74) is 7.34. The molecule has 4 aromatic rings. The first-order valence-corrected chi connectivity index (χ1v) is 12.4. The fourth-order valence-electron chi connectivity index (χ4n) is 4.21. The van der Waals surface area contributed by atoms with Crippen molar-refractivity contribution in [2.45, 2.75) is 6.54 Å². The number of pyridine rings is 1. The Morgan fingerprint density at radius 2 is 1.77 bits per heavy atom. The zero-order valence-corrected chi connectivity index (χ0v) is 22.2. The Morgan fingerprint density at radius 3 is 2.38 bits per heavy atom. The van der Waals surface area contributed by atoms with Gasteiger partial charge in [0, 0.05) is 68.5 Å². The zero-order chi connectivity index (χ0) is 27.9. The number of hydrogen-bond donors (Lipinski definition) is 3. The molecule has 4 N–H and O–H groups in total. The number of carboxylic acid groups (broad SMARTS) is 1. The topological polar surface area (TPSA) is 136 Å². The number of rotatable bonds is 6. The van der Waals surface area contributed by atoms with Gasteiger partial charge in [-0.1, -0.05) is 23.7 Å². The standard InChI is InChI=1S/C17H12ClFN2O4.C10H16N4/c1-24-10-7-11(25-2)14(19)12(13(10)18)8-3-4-9(17(22)23)16-15(8)20-5-6-21-16;11-10-2-1-9(7-13-10)8-14-5-3-12-4-6-14/h3-7H,1-2H3,(H,22,23);1-2,7,12H,3-6,8H2,(H2,11,13). The molecule has 1 saturated heterocycles. The molecule has 1 aliphatic rings. The molecule has 39 heavy (non-hydrogen) atoms. The summed E-state index contributed by atoms with van der Waals surface area (Å²) in [6.07, 6.45) is 4.61. The van der Waals surface area contributed by atoms with Gasteiger partial charge < -0.3 is 25.6 Å². The van der Waals surface area contributed by atoms with Gasteiger partial charge in [-0.2, -0.15) is 0 Å². The van der Waals surface area contributed by atoms with Crippen LogP contribution in [-0.4, -0.2) is 71.3 Å². The normalized spacial score (nSPS) is 13.4.